The lowest BCUT2D eigenvalue weighted by Gasteiger charge is -2.13. The monoisotopic (exact) mass is 428 g/mol. The molecule has 0 N–H and O–H groups in total. The van der Waals surface area contributed by atoms with E-state index in [0.717, 1.165) is 6.07 Å². The molecule has 0 fully saturated rings. The van der Waals surface area contributed by atoms with Crippen molar-refractivity contribution in [2.24, 2.45) is 0 Å². The number of imidazole rings is 1. The number of ether oxygens (including phenoxy) is 1. The first-order valence-corrected chi connectivity index (χ1v) is 9.28. The van der Waals surface area contributed by atoms with Crippen molar-refractivity contribution < 1.29 is 27.1 Å². The van der Waals surface area contributed by atoms with Gasteiger partial charge in [0.1, 0.15) is 11.5 Å². The van der Waals surface area contributed by atoms with Gasteiger partial charge in [-0.05, 0) is 48.0 Å². The van der Waals surface area contributed by atoms with Crippen LogP contribution in [0.25, 0.3) is 16.9 Å². The van der Waals surface area contributed by atoms with Gasteiger partial charge in [0.2, 0.25) is 0 Å². The van der Waals surface area contributed by atoms with Crippen LogP contribution in [0.4, 0.5) is 17.6 Å². The Balaban J connectivity index is 1.94. The number of hydrogen-bond acceptors (Lipinski definition) is 3. The summed E-state index contributed by atoms with van der Waals surface area (Å²) in [4.78, 5) is 16.5. The summed E-state index contributed by atoms with van der Waals surface area (Å²) in [5, 5.41) is 0. The zero-order valence-corrected chi connectivity index (χ0v) is 16.3. The molecule has 0 saturated carbocycles. The predicted molar refractivity (Wildman–Crippen MR) is 106 cm³/mol. The van der Waals surface area contributed by atoms with E-state index in [-0.39, 0.29) is 17.5 Å². The van der Waals surface area contributed by atoms with Crippen LogP contribution in [-0.4, -0.2) is 22.5 Å². The molecule has 4 rings (SSSR count). The summed E-state index contributed by atoms with van der Waals surface area (Å²) in [5.74, 6) is -1.02. The van der Waals surface area contributed by atoms with E-state index >= 15 is 0 Å². The van der Waals surface area contributed by atoms with Crippen LogP contribution in [0.5, 0.6) is 0 Å². The Bertz CT molecular complexity index is 1260. The lowest BCUT2D eigenvalue weighted by Crippen LogP contribution is -2.10. The summed E-state index contributed by atoms with van der Waals surface area (Å²) in [7, 11) is 1.24. The fourth-order valence-electron chi connectivity index (χ4n) is 3.47. The van der Waals surface area contributed by atoms with Gasteiger partial charge in [0.15, 0.2) is 0 Å². The second kappa shape index (κ2) is 7.86. The molecular weight excluding hydrogens is 412 g/mol. The number of rotatable bonds is 4. The fourth-order valence-corrected chi connectivity index (χ4v) is 3.47. The van der Waals surface area contributed by atoms with Crippen LogP contribution < -0.4 is 0 Å². The van der Waals surface area contributed by atoms with Crippen LogP contribution >= 0.6 is 0 Å². The third-order valence-corrected chi connectivity index (χ3v) is 4.94. The first-order valence-electron chi connectivity index (χ1n) is 9.28. The smallest absolute Gasteiger partial charge is 0.416 e. The molecule has 0 bridgehead atoms. The highest BCUT2D eigenvalue weighted by Gasteiger charge is 2.33. The highest BCUT2D eigenvalue weighted by molar-refractivity contribution is 5.89. The van der Waals surface area contributed by atoms with Crippen LogP contribution in [0.1, 0.15) is 27.2 Å². The van der Waals surface area contributed by atoms with Gasteiger partial charge >= 0.3 is 12.1 Å². The molecule has 31 heavy (non-hydrogen) atoms. The number of carbonyl (C=O) groups excluding carboxylic acids is 1. The standard InChI is InChI=1S/C23H16F4N2O2/c1-31-22(30)16-8-11-20-28-21(14-6-9-17(24)10-7-14)19(29(20)13-16)12-15-4-2-3-5-18(15)23(25,26)27/h2-11,13H,12H2,1H3. The number of nitrogens with zero attached hydrogens (tertiary/aromatic N) is 2. The number of aromatic nitrogens is 2. The highest BCUT2D eigenvalue weighted by atomic mass is 19.4. The number of pyridine rings is 1. The van der Waals surface area contributed by atoms with Gasteiger partial charge in [0.25, 0.3) is 0 Å². The van der Waals surface area contributed by atoms with Crippen molar-refractivity contribution >= 4 is 11.6 Å². The van der Waals surface area contributed by atoms with Gasteiger partial charge in [-0.3, -0.25) is 0 Å². The Morgan fingerprint density at radius 1 is 1.03 bits per heavy atom. The van der Waals surface area contributed by atoms with E-state index in [9.17, 15) is 22.4 Å². The molecule has 0 saturated heterocycles. The number of carbonyl (C=O) groups is 1. The minimum absolute atomic E-state index is 0.0589. The molecule has 2 aromatic carbocycles. The number of hydrogen-bond donors (Lipinski definition) is 0. The summed E-state index contributed by atoms with van der Waals surface area (Å²) >= 11 is 0. The summed E-state index contributed by atoms with van der Waals surface area (Å²) in [6.45, 7) is 0. The van der Waals surface area contributed by atoms with Gasteiger partial charge in [-0.2, -0.15) is 13.2 Å². The van der Waals surface area contributed by atoms with E-state index in [2.05, 4.69) is 4.98 Å². The Hall–Kier alpha value is -3.68. The normalized spacial score (nSPS) is 11.6. The minimum Gasteiger partial charge on any atom is -0.465 e. The van der Waals surface area contributed by atoms with Crippen molar-refractivity contribution in [3.8, 4) is 11.3 Å². The maximum absolute atomic E-state index is 13.5. The number of benzene rings is 2. The van der Waals surface area contributed by atoms with Crippen molar-refractivity contribution in [3.05, 3.63) is 95.1 Å². The van der Waals surface area contributed by atoms with Gasteiger partial charge in [-0.25, -0.2) is 14.2 Å². The first-order chi connectivity index (χ1) is 14.8. The average molecular weight is 428 g/mol. The molecule has 0 radical (unpaired) electrons. The Morgan fingerprint density at radius 2 is 1.74 bits per heavy atom. The fraction of sp³-hybridized carbons (Fsp3) is 0.130. The quantitative estimate of drug-likeness (QED) is 0.317. The Labute approximate surface area is 174 Å². The molecule has 0 amide bonds. The largest absolute Gasteiger partial charge is 0.465 e. The molecular formula is C23H16F4N2O2. The maximum Gasteiger partial charge on any atom is 0.416 e. The number of alkyl halides is 3. The van der Waals surface area contributed by atoms with Crippen molar-refractivity contribution in [1.82, 2.24) is 9.38 Å². The van der Waals surface area contributed by atoms with E-state index in [1.54, 1.807) is 10.5 Å². The first kappa shape index (κ1) is 20.6. The summed E-state index contributed by atoms with van der Waals surface area (Å²) in [6.07, 6.45) is -3.15. The van der Waals surface area contributed by atoms with Crippen molar-refractivity contribution in [2.45, 2.75) is 12.6 Å². The van der Waals surface area contributed by atoms with Crippen LogP contribution in [0, 0.1) is 5.82 Å². The summed E-state index contributed by atoms with van der Waals surface area (Å²) < 4.78 is 60.4. The molecule has 0 aliphatic heterocycles. The van der Waals surface area contributed by atoms with E-state index in [4.69, 9.17) is 4.74 Å². The van der Waals surface area contributed by atoms with E-state index in [0.29, 0.717) is 22.6 Å². The van der Waals surface area contributed by atoms with Gasteiger partial charge in [-0.1, -0.05) is 18.2 Å². The number of halogens is 4. The molecule has 0 aliphatic carbocycles. The van der Waals surface area contributed by atoms with Gasteiger partial charge < -0.3 is 9.14 Å². The zero-order valence-electron chi connectivity index (χ0n) is 16.3. The average Bonchev–Trinajstić information content (AvgIpc) is 3.11. The maximum atomic E-state index is 13.5. The lowest BCUT2D eigenvalue weighted by atomic mass is 9.99. The third-order valence-electron chi connectivity index (χ3n) is 4.94. The SMILES string of the molecule is COC(=O)c1ccc2nc(-c3ccc(F)cc3)c(Cc3ccccc3C(F)(F)F)n2c1. The van der Waals surface area contributed by atoms with Crippen LogP contribution in [-0.2, 0) is 17.3 Å². The van der Waals surface area contributed by atoms with Gasteiger partial charge in [-0.15, -0.1) is 0 Å². The van der Waals surface area contributed by atoms with Crippen LogP contribution in [0.3, 0.4) is 0 Å². The van der Waals surface area contributed by atoms with E-state index in [1.165, 1.54) is 61.8 Å². The number of methoxy groups -OCH3 is 1. The molecule has 4 nitrogen and oxygen atoms in total. The highest BCUT2D eigenvalue weighted by Crippen LogP contribution is 2.34. The van der Waals surface area contributed by atoms with Gasteiger partial charge in [0.05, 0.1) is 29.6 Å². The number of esters is 1. The lowest BCUT2D eigenvalue weighted by molar-refractivity contribution is -0.138. The van der Waals surface area contributed by atoms with E-state index < -0.39 is 23.5 Å². The van der Waals surface area contributed by atoms with Crippen LogP contribution in [0.15, 0.2) is 66.9 Å². The third kappa shape index (κ3) is 4.01. The second-order valence-electron chi connectivity index (χ2n) is 6.88. The topological polar surface area (TPSA) is 43.6 Å². The predicted octanol–water partition coefficient (Wildman–Crippen LogP) is 5.54. The Morgan fingerprint density at radius 3 is 2.42 bits per heavy atom. The molecule has 4 aromatic rings. The molecule has 158 valence electrons. The summed E-state index contributed by atoms with van der Waals surface area (Å²) in [6, 6.07) is 13.9. The number of fused-ring (bicyclic) bond motifs is 1. The summed E-state index contributed by atoms with van der Waals surface area (Å²) in [5.41, 5.74) is 1.35. The molecule has 8 heteroatoms. The van der Waals surface area contributed by atoms with Crippen molar-refractivity contribution in [1.29, 1.82) is 0 Å². The Kier molecular flexibility index (Phi) is 5.22. The minimum atomic E-state index is -4.52. The molecule has 2 aromatic heterocycles. The molecule has 0 unspecified atom stereocenters. The van der Waals surface area contributed by atoms with Gasteiger partial charge in [0, 0.05) is 18.2 Å². The van der Waals surface area contributed by atoms with Crippen molar-refractivity contribution in [2.75, 3.05) is 7.11 Å². The molecule has 2 heterocycles. The van der Waals surface area contributed by atoms with Crippen LogP contribution in [0.2, 0.25) is 0 Å². The molecule has 0 atom stereocenters. The molecule has 0 aliphatic rings. The van der Waals surface area contributed by atoms with Crippen molar-refractivity contribution in [3.63, 3.8) is 0 Å². The zero-order chi connectivity index (χ0) is 22.2. The van der Waals surface area contributed by atoms with E-state index in [1.807, 2.05) is 0 Å². The molecule has 0 spiro atoms. The second-order valence-corrected chi connectivity index (χ2v) is 6.88.